The van der Waals surface area contributed by atoms with E-state index in [0.29, 0.717) is 16.4 Å². The number of thiazole rings is 1. The van der Waals surface area contributed by atoms with E-state index in [2.05, 4.69) is 15.3 Å². The molecule has 0 N–H and O–H groups in total. The Morgan fingerprint density at radius 3 is 2.90 bits per heavy atom. The van der Waals surface area contributed by atoms with E-state index in [9.17, 15) is 4.39 Å². The fourth-order valence-electron chi connectivity index (χ4n) is 1.82. The van der Waals surface area contributed by atoms with Crippen molar-refractivity contribution in [3.05, 3.63) is 46.9 Å². The summed E-state index contributed by atoms with van der Waals surface area (Å²) >= 11 is 1.39. The lowest BCUT2D eigenvalue weighted by atomic mass is 10.1. The zero-order valence-electron chi connectivity index (χ0n) is 10.4. The van der Waals surface area contributed by atoms with Crippen molar-refractivity contribution in [3.8, 4) is 22.5 Å². The van der Waals surface area contributed by atoms with Crippen LogP contribution in [0.1, 0.15) is 11.4 Å². The molecule has 3 aromatic rings. The second-order valence-electron chi connectivity index (χ2n) is 4.09. The van der Waals surface area contributed by atoms with Gasteiger partial charge in [0.2, 0.25) is 5.13 Å². The Morgan fingerprint density at radius 1 is 1.40 bits per heavy atom. The Labute approximate surface area is 117 Å². The van der Waals surface area contributed by atoms with Crippen molar-refractivity contribution in [1.29, 1.82) is 5.26 Å². The number of halogens is 1. The maximum Gasteiger partial charge on any atom is 0.212 e. The number of nitriles is 1. The molecular formula is C13H8FN5S. The van der Waals surface area contributed by atoms with Crippen LogP contribution in [0.25, 0.3) is 16.4 Å². The summed E-state index contributed by atoms with van der Waals surface area (Å²) in [5.74, 6) is -0.380. The summed E-state index contributed by atoms with van der Waals surface area (Å²) in [5, 5.41) is 19.4. The van der Waals surface area contributed by atoms with Crippen LogP contribution in [0.15, 0.2) is 29.6 Å². The molecule has 0 saturated heterocycles. The van der Waals surface area contributed by atoms with E-state index in [1.807, 2.05) is 18.4 Å². The highest BCUT2D eigenvalue weighted by Gasteiger charge is 2.18. The van der Waals surface area contributed by atoms with Gasteiger partial charge in [-0.1, -0.05) is 17.3 Å². The molecule has 0 aliphatic heterocycles. The number of rotatable bonds is 2. The Kier molecular flexibility index (Phi) is 3.00. The van der Waals surface area contributed by atoms with E-state index in [1.54, 1.807) is 12.1 Å². The van der Waals surface area contributed by atoms with Crippen molar-refractivity contribution >= 4 is 11.3 Å². The van der Waals surface area contributed by atoms with Gasteiger partial charge < -0.3 is 0 Å². The van der Waals surface area contributed by atoms with Crippen LogP contribution >= 0.6 is 11.3 Å². The maximum atomic E-state index is 13.4. The average molecular weight is 285 g/mol. The summed E-state index contributed by atoms with van der Waals surface area (Å²) < 4.78 is 14.9. The summed E-state index contributed by atoms with van der Waals surface area (Å²) in [4.78, 5) is 4.31. The molecule has 0 aliphatic rings. The minimum atomic E-state index is -0.380. The topological polar surface area (TPSA) is 67.4 Å². The first kappa shape index (κ1) is 12.4. The largest absolute Gasteiger partial charge is 0.224 e. The maximum absolute atomic E-state index is 13.4. The third kappa shape index (κ3) is 2.06. The lowest BCUT2D eigenvalue weighted by Gasteiger charge is -2.03. The fraction of sp³-hybridized carbons (Fsp3) is 0.0769. The summed E-state index contributed by atoms with van der Waals surface area (Å²) in [6.45, 7) is 1.87. The molecule has 5 nitrogen and oxygen atoms in total. The average Bonchev–Trinajstić information content (AvgIpc) is 3.04. The molecule has 0 amide bonds. The van der Waals surface area contributed by atoms with Crippen molar-refractivity contribution in [1.82, 2.24) is 20.0 Å². The van der Waals surface area contributed by atoms with E-state index in [1.165, 1.54) is 28.2 Å². The number of benzene rings is 1. The van der Waals surface area contributed by atoms with Gasteiger partial charge in [-0.15, -0.1) is 16.4 Å². The predicted molar refractivity (Wildman–Crippen MR) is 71.9 cm³/mol. The first-order valence-electron chi connectivity index (χ1n) is 5.73. The molecule has 0 unspecified atom stereocenters. The monoisotopic (exact) mass is 285 g/mol. The van der Waals surface area contributed by atoms with Gasteiger partial charge in [-0.2, -0.15) is 9.94 Å². The molecule has 0 saturated carbocycles. The van der Waals surface area contributed by atoms with Crippen LogP contribution < -0.4 is 0 Å². The normalized spacial score (nSPS) is 10.4. The number of aromatic nitrogens is 4. The van der Waals surface area contributed by atoms with Crippen LogP contribution in [0.4, 0.5) is 4.39 Å². The van der Waals surface area contributed by atoms with Crippen molar-refractivity contribution in [2.24, 2.45) is 0 Å². The first-order valence-corrected chi connectivity index (χ1v) is 6.61. The van der Waals surface area contributed by atoms with E-state index in [4.69, 9.17) is 5.26 Å². The SMILES string of the molecule is Cc1csc(-n2nnc(C#N)c2-c2cccc(F)c2)n1. The molecular weight excluding hydrogens is 277 g/mol. The van der Waals surface area contributed by atoms with Gasteiger partial charge in [0.25, 0.3) is 0 Å². The van der Waals surface area contributed by atoms with E-state index in [-0.39, 0.29) is 11.5 Å². The van der Waals surface area contributed by atoms with Gasteiger partial charge in [-0.25, -0.2) is 9.37 Å². The Hall–Kier alpha value is -2.59. The molecule has 0 bridgehead atoms. The minimum Gasteiger partial charge on any atom is -0.224 e. The molecule has 98 valence electrons. The van der Waals surface area contributed by atoms with Crippen molar-refractivity contribution < 1.29 is 4.39 Å². The van der Waals surface area contributed by atoms with E-state index in [0.717, 1.165) is 5.69 Å². The summed E-state index contributed by atoms with van der Waals surface area (Å²) in [5.41, 5.74) is 1.98. The van der Waals surface area contributed by atoms with Crippen molar-refractivity contribution in [2.45, 2.75) is 6.92 Å². The second kappa shape index (κ2) is 4.83. The van der Waals surface area contributed by atoms with Crippen LogP contribution in [-0.4, -0.2) is 20.0 Å². The van der Waals surface area contributed by atoms with Crippen LogP contribution in [0.2, 0.25) is 0 Å². The fourth-order valence-corrected chi connectivity index (χ4v) is 2.58. The van der Waals surface area contributed by atoms with Gasteiger partial charge in [0.15, 0.2) is 5.69 Å². The van der Waals surface area contributed by atoms with Gasteiger partial charge in [-0.05, 0) is 19.1 Å². The van der Waals surface area contributed by atoms with Gasteiger partial charge in [0.1, 0.15) is 17.6 Å². The highest BCUT2D eigenvalue weighted by atomic mass is 32.1. The van der Waals surface area contributed by atoms with Crippen LogP contribution in [0, 0.1) is 24.1 Å². The predicted octanol–water partition coefficient (Wildman–Crippen LogP) is 2.71. The zero-order valence-corrected chi connectivity index (χ0v) is 11.2. The number of aryl methyl sites for hydroxylation is 1. The minimum absolute atomic E-state index is 0.142. The molecule has 0 aliphatic carbocycles. The van der Waals surface area contributed by atoms with E-state index >= 15 is 0 Å². The molecule has 3 rings (SSSR count). The molecule has 0 spiro atoms. The Morgan fingerprint density at radius 2 is 2.25 bits per heavy atom. The molecule has 7 heteroatoms. The highest BCUT2D eigenvalue weighted by molar-refractivity contribution is 7.12. The van der Waals surface area contributed by atoms with Crippen molar-refractivity contribution in [3.63, 3.8) is 0 Å². The van der Waals surface area contributed by atoms with E-state index < -0.39 is 0 Å². The van der Waals surface area contributed by atoms with Gasteiger partial charge in [-0.3, -0.25) is 0 Å². The molecule has 0 radical (unpaired) electrons. The lowest BCUT2D eigenvalue weighted by molar-refractivity contribution is 0.628. The van der Waals surface area contributed by atoms with Crippen molar-refractivity contribution in [2.75, 3.05) is 0 Å². The zero-order chi connectivity index (χ0) is 14.1. The van der Waals surface area contributed by atoms with Crippen LogP contribution in [-0.2, 0) is 0 Å². The smallest absolute Gasteiger partial charge is 0.212 e. The quantitative estimate of drug-likeness (QED) is 0.726. The molecule has 1 aromatic carbocycles. The Bertz CT molecular complexity index is 814. The van der Waals surface area contributed by atoms with Gasteiger partial charge in [0.05, 0.1) is 5.69 Å². The third-order valence-corrected chi connectivity index (χ3v) is 3.60. The Balaban J connectivity index is 2.24. The number of hydrogen-bond donors (Lipinski definition) is 0. The highest BCUT2D eigenvalue weighted by Crippen LogP contribution is 2.26. The third-order valence-electron chi connectivity index (χ3n) is 2.66. The first-order chi connectivity index (χ1) is 9.69. The summed E-state index contributed by atoms with van der Waals surface area (Å²) in [6, 6.07) is 7.95. The number of nitrogens with zero attached hydrogens (tertiary/aromatic N) is 5. The molecule has 0 atom stereocenters. The molecule has 20 heavy (non-hydrogen) atoms. The molecule has 2 heterocycles. The van der Waals surface area contributed by atoms with Crippen LogP contribution in [0.3, 0.4) is 0 Å². The number of hydrogen-bond acceptors (Lipinski definition) is 5. The molecule has 2 aromatic heterocycles. The summed E-state index contributed by atoms with van der Waals surface area (Å²) in [7, 11) is 0. The lowest BCUT2D eigenvalue weighted by Crippen LogP contribution is -1.99. The second-order valence-corrected chi connectivity index (χ2v) is 4.93. The van der Waals surface area contributed by atoms with Gasteiger partial charge >= 0.3 is 0 Å². The van der Waals surface area contributed by atoms with Gasteiger partial charge in [0, 0.05) is 10.9 Å². The van der Waals surface area contributed by atoms with Crippen LogP contribution in [0.5, 0.6) is 0 Å². The molecule has 0 fully saturated rings. The standard InChI is InChI=1S/C13H8FN5S/c1-8-7-20-13(16-8)19-12(11(6-15)17-18-19)9-3-2-4-10(14)5-9/h2-5,7H,1H3. The summed E-state index contributed by atoms with van der Waals surface area (Å²) in [6.07, 6.45) is 0.